The predicted molar refractivity (Wildman–Crippen MR) is 113 cm³/mol. The van der Waals surface area contributed by atoms with Gasteiger partial charge in [0.05, 0.1) is 0 Å². The molecule has 2 aromatic carbocycles. The summed E-state index contributed by atoms with van der Waals surface area (Å²) in [6.45, 7) is 0.919. The maximum Gasteiger partial charge on any atom is 0.407 e. The lowest BCUT2D eigenvalue weighted by Crippen LogP contribution is -2.41. The Balaban J connectivity index is 1.62. The number of amides is 1. The molecule has 160 valence electrons. The number of carboxylic acid groups (broad SMARTS) is 1. The summed E-state index contributed by atoms with van der Waals surface area (Å²) in [5.41, 5.74) is 0.955. The van der Waals surface area contributed by atoms with Gasteiger partial charge in [-0.25, -0.2) is 14.2 Å². The Kier molecular flexibility index (Phi) is 6.31. The van der Waals surface area contributed by atoms with Gasteiger partial charge in [-0.2, -0.15) is 0 Å². The second-order valence-electron chi connectivity index (χ2n) is 7.44. The lowest BCUT2D eigenvalue weighted by molar-refractivity contribution is 0.0627. The topological polar surface area (TPSA) is 71.9 Å². The van der Waals surface area contributed by atoms with Crippen LogP contribution < -0.4 is 9.47 Å². The Hall–Kier alpha value is -3.61. The highest BCUT2D eigenvalue weighted by Gasteiger charge is 2.32. The van der Waals surface area contributed by atoms with Crippen LogP contribution >= 0.6 is 0 Å². The number of likely N-dealkylation sites (tertiary alicyclic amines) is 1. The zero-order valence-corrected chi connectivity index (χ0v) is 16.9. The van der Waals surface area contributed by atoms with Gasteiger partial charge in [-0.05, 0) is 54.8 Å². The molecule has 0 saturated carbocycles. The molecule has 1 unspecified atom stereocenters. The summed E-state index contributed by atoms with van der Waals surface area (Å²) in [4.78, 5) is 17.3. The van der Waals surface area contributed by atoms with Gasteiger partial charge in [-0.3, -0.25) is 0 Å². The third-order valence-corrected chi connectivity index (χ3v) is 5.30. The fourth-order valence-corrected chi connectivity index (χ4v) is 3.80. The van der Waals surface area contributed by atoms with Gasteiger partial charge in [0, 0.05) is 25.2 Å². The van der Waals surface area contributed by atoms with Crippen LogP contribution in [0.2, 0.25) is 0 Å². The smallest absolute Gasteiger partial charge is 0.407 e. The minimum absolute atomic E-state index is 0.0221. The number of ether oxygens (including phenoxy) is 2. The molecular formula is C24H23FN2O4. The molecule has 0 aliphatic carbocycles. The number of aromatic nitrogens is 1. The van der Waals surface area contributed by atoms with E-state index in [-0.39, 0.29) is 23.7 Å². The van der Waals surface area contributed by atoms with Crippen molar-refractivity contribution in [2.45, 2.75) is 18.9 Å². The molecule has 1 aliphatic heterocycles. The second kappa shape index (κ2) is 9.47. The van der Waals surface area contributed by atoms with Crippen LogP contribution in [0.25, 0.3) is 0 Å². The van der Waals surface area contributed by atoms with Crippen LogP contribution in [0.15, 0.2) is 72.9 Å². The van der Waals surface area contributed by atoms with E-state index in [1.165, 1.54) is 29.2 Å². The first-order valence-corrected chi connectivity index (χ1v) is 10.2. The largest absolute Gasteiger partial charge is 0.480 e. The minimum Gasteiger partial charge on any atom is -0.480 e. The average molecular weight is 422 g/mol. The maximum atomic E-state index is 13.2. The number of halogens is 1. The average Bonchev–Trinajstić information content (AvgIpc) is 2.80. The molecule has 1 amide bonds. The van der Waals surface area contributed by atoms with Crippen LogP contribution in [0.3, 0.4) is 0 Å². The second-order valence-corrected chi connectivity index (χ2v) is 7.44. The van der Waals surface area contributed by atoms with Crippen LogP contribution in [-0.4, -0.2) is 34.2 Å². The third kappa shape index (κ3) is 5.12. The predicted octanol–water partition coefficient (Wildman–Crippen LogP) is 5.52. The Morgan fingerprint density at radius 3 is 2.61 bits per heavy atom. The van der Waals surface area contributed by atoms with Crippen molar-refractivity contribution in [2.24, 2.45) is 5.92 Å². The zero-order valence-electron chi connectivity index (χ0n) is 16.9. The molecule has 6 nitrogen and oxygen atoms in total. The first-order valence-electron chi connectivity index (χ1n) is 10.2. The molecule has 0 radical (unpaired) electrons. The number of carbonyl (C=O) groups is 1. The lowest BCUT2D eigenvalue weighted by atomic mass is 9.88. The molecule has 1 aliphatic rings. The van der Waals surface area contributed by atoms with E-state index in [4.69, 9.17) is 9.47 Å². The molecule has 2 heterocycles. The van der Waals surface area contributed by atoms with Gasteiger partial charge in [0.25, 0.3) is 5.88 Å². The van der Waals surface area contributed by atoms with Gasteiger partial charge in [0.1, 0.15) is 17.7 Å². The molecule has 1 fully saturated rings. The molecule has 1 aromatic heterocycles. The molecule has 3 aromatic rings. The maximum absolute atomic E-state index is 13.2. The number of hydrogen-bond acceptors (Lipinski definition) is 4. The van der Waals surface area contributed by atoms with Gasteiger partial charge in [-0.1, -0.05) is 30.3 Å². The minimum atomic E-state index is -0.918. The van der Waals surface area contributed by atoms with E-state index in [9.17, 15) is 14.3 Å². The molecule has 0 spiro atoms. The van der Waals surface area contributed by atoms with E-state index in [2.05, 4.69) is 4.98 Å². The number of nitrogens with zero attached hydrogens (tertiary/aromatic N) is 2. The van der Waals surface area contributed by atoms with Crippen molar-refractivity contribution in [3.8, 4) is 17.4 Å². The number of benzene rings is 2. The Morgan fingerprint density at radius 1 is 1.10 bits per heavy atom. The molecule has 4 rings (SSSR count). The van der Waals surface area contributed by atoms with Crippen molar-refractivity contribution in [2.75, 3.05) is 13.1 Å². The standard InChI is InChI=1S/C24H23FN2O4/c25-19-10-12-20(13-11-19)30-23-21(9-4-14-26-23)31-22(17-6-2-1-3-7-17)18-8-5-15-27(16-18)24(28)29/h1-4,6-7,9-14,18,22H,5,8,15-16H2,(H,28,29)/t18-,22?/m0/s1. The summed E-state index contributed by atoms with van der Waals surface area (Å²) in [6, 6.07) is 18.9. The van der Waals surface area contributed by atoms with Gasteiger partial charge in [-0.15, -0.1) is 0 Å². The number of pyridine rings is 1. The fraction of sp³-hybridized carbons (Fsp3) is 0.250. The summed E-state index contributed by atoms with van der Waals surface area (Å²) in [6.07, 6.45) is 1.92. The monoisotopic (exact) mass is 422 g/mol. The van der Waals surface area contributed by atoms with Crippen molar-refractivity contribution < 1.29 is 23.8 Å². The van der Waals surface area contributed by atoms with Gasteiger partial charge >= 0.3 is 6.09 Å². The zero-order chi connectivity index (χ0) is 21.6. The van der Waals surface area contributed by atoms with Crippen molar-refractivity contribution in [3.05, 3.63) is 84.3 Å². The normalized spacial score (nSPS) is 17.1. The molecule has 2 atom stereocenters. The summed E-state index contributed by atoms with van der Waals surface area (Å²) < 4.78 is 25.5. The molecular weight excluding hydrogens is 399 g/mol. The molecule has 1 saturated heterocycles. The van der Waals surface area contributed by atoms with Crippen molar-refractivity contribution >= 4 is 6.09 Å². The van der Waals surface area contributed by atoms with E-state index in [1.807, 2.05) is 30.3 Å². The number of rotatable bonds is 6. The van der Waals surface area contributed by atoms with Crippen molar-refractivity contribution in [3.63, 3.8) is 0 Å². The highest BCUT2D eigenvalue weighted by atomic mass is 19.1. The molecule has 7 heteroatoms. The van der Waals surface area contributed by atoms with E-state index in [1.54, 1.807) is 18.3 Å². The van der Waals surface area contributed by atoms with E-state index in [0.717, 1.165) is 18.4 Å². The third-order valence-electron chi connectivity index (χ3n) is 5.30. The van der Waals surface area contributed by atoms with Gasteiger partial charge in [0.15, 0.2) is 5.75 Å². The molecule has 31 heavy (non-hydrogen) atoms. The fourth-order valence-electron chi connectivity index (χ4n) is 3.80. The van der Waals surface area contributed by atoms with Crippen molar-refractivity contribution in [1.82, 2.24) is 9.88 Å². The summed E-state index contributed by atoms with van der Waals surface area (Å²) in [5.74, 6) is 0.769. The van der Waals surface area contributed by atoms with E-state index >= 15 is 0 Å². The van der Waals surface area contributed by atoms with Crippen LogP contribution in [0, 0.1) is 11.7 Å². The summed E-state index contributed by atoms with van der Waals surface area (Å²) >= 11 is 0. The molecule has 1 N–H and O–H groups in total. The van der Waals surface area contributed by atoms with Crippen LogP contribution in [0.5, 0.6) is 17.4 Å². The van der Waals surface area contributed by atoms with Crippen LogP contribution in [0.4, 0.5) is 9.18 Å². The summed E-state index contributed by atoms with van der Waals surface area (Å²) in [5, 5.41) is 9.45. The van der Waals surface area contributed by atoms with Crippen LogP contribution in [0.1, 0.15) is 24.5 Å². The Morgan fingerprint density at radius 2 is 1.87 bits per heavy atom. The number of piperidine rings is 1. The SMILES string of the molecule is O=C(O)N1CCC[C@H](C(Oc2cccnc2Oc2ccc(F)cc2)c2ccccc2)C1. The highest BCUT2D eigenvalue weighted by Crippen LogP contribution is 2.38. The quantitative estimate of drug-likeness (QED) is 0.566. The van der Waals surface area contributed by atoms with Crippen molar-refractivity contribution in [1.29, 1.82) is 0 Å². The first-order chi connectivity index (χ1) is 15.1. The van der Waals surface area contributed by atoms with Crippen LogP contribution in [-0.2, 0) is 0 Å². The highest BCUT2D eigenvalue weighted by molar-refractivity contribution is 5.65. The van der Waals surface area contributed by atoms with E-state index < -0.39 is 6.09 Å². The first kappa shape index (κ1) is 20.7. The summed E-state index contributed by atoms with van der Waals surface area (Å²) in [7, 11) is 0. The number of hydrogen-bond donors (Lipinski definition) is 1. The van der Waals surface area contributed by atoms with Gasteiger partial charge < -0.3 is 19.5 Å². The Bertz CT molecular complexity index is 1010. The lowest BCUT2D eigenvalue weighted by Gasteiger charge is -2.36. The van der Waals surface area contributed by atoms with Gasteiger partial charge in [0.2, 0.25) is 0 Å². The van der Waals surface area contributed by atoms with E-state index in [0.29, 0.717) is 24.6 Å². The molecule has 0 bridgehead atoms. The Labute approximate surface area is 179 Å².